The molecule has 10 rings (SSSR count). The van der Waals surface area contributed by atoms with E-state index in [-0.39, 0.29) is 0 Å². The summed E-state index contributed by atoms with van der Waals surface area (Å²) in [6, 6.07) is 62.9. The van der Waals surface area contributed by atoms with Crippen molar-refractivity contribution in [3.8, 4) is 22.3 Å². The Bertz CT molecular complexity index is 2910. The first-order valence-corrected chi connectivity index (χ1v) is 18.5. The lowest BCUT2D eigenvalue weighted by Crippen LogP contribution is -2.05. The van der Waals surface area contributed by atoms with E-state index in [1.165, 1.54) is 64.0 Å². The first-order chi connectivity index (χ1) is 25.8. The monoisotopic (exact) mass is 680 g/mol. The molecule has 8 aromatic carbocycles. The van der Waals surface area contributed by atoms with Gasteiger partial charge in [-0.05, 0) is 62.0 Å². The number of nitrogens with zero attached hydrogens (tertiary/aromatic N) is 2. The lowest BCUT2D eigenvalue weighted by molar-refractivity contribution is 1.43. The van der Waals surface area contributed by atoms with Crippen molar-refractivity contribution in [1.29, 1.82) is 0 Å². The molecule has 3 heteroatoms. The van der Waals surface area contributed by atoms with Gasteiger partial charge in [0.1, 0.15) is 0 Å². The van der Waals surface area contributed by atoms with E-state index in [0.717, 1.165) is 33.9 Å². The fourth-order valence-corrected chi connectivity index (χ4v) is 8.90. The van der Waals surface area contributed by atoms with Gasteiger partial charge in [-0.25, -0.2) is 9.98 Å². The van der Waals surface area contributed by atoms with Crippen molar-refractivity contribution >= 4 is 70.3 Å². The number of thiophene rings is 1. The minimum absolute atomic E-state index is 0.659. The lowest BCUT2D eigenvalue weighted by Gasteiger charge is -2.12. The summed E-state index contributed by atoms with van der Waals surface area (Å²) in [5.74, 6) is 0.725. The van der Waals surface area contributed by atoms with E-state index < -0.39 is 0 Å². The Balaban J connectivity index is 1.17. The minimum Gasteiger partial charge on any atom is -0.232 e. The fraction of sp³-hybridized carbons (Fsp3) is 0.0204. The second-order valence-electron chi connectivity index (χ2n) is 13.3. The van der Waals surface area contributed by atoms with Gasteiger partial charge in [0.05, 0.1) is 11.4 Å². The number of benzene rings is 8. The fourth-order valence-electron chi connectivity index (χ4n) is 7.71. The molecular weight excluding hydrogens is 649 g/mol. The molecule has 0 saturated heterocycles. The molecular formula is C49H32N2S. The summed E-state index contributed by atoms with van der Waals surface area (Å²) in [5, 5.41) is 7.61. The molecule has 9 aromatic rings. The normalized spacial score (nSPS) is 13.3. The van der Waals surface area contributed by atoms with Crippen molar-refractivity contribution in [2.75, 3.05) is 0 Å². The van der Waals surface area contributed by atoms with E-state index >= 15 is 0 Å². The van der Waals surface area contributed by atoms with Gasteiger partial charge in [-0.15, -0.1) is 11.3 Å². The molecule has 244 valence electrons. The zero-order valence-electron chi connectivity index (χ0n) is 28.3. The summed E-state index contributed by atoms with van der Waals surface area (Å²) < 4.78 is 2.55. The zero-order chi connectivity index (χ0) is 34.4. The first-order valence-electron chi connectivity index (χ1n) is 17.7. The zero-order valence-corrected chi connectivity index (χ0v) is 29.1. The van der Waals surface area contributed by atoms with Gasteiger partial charge in [0.2, 0.25) is 0 Å². The van der Waals surface area contributed by atoms with Crippen molar-refractivity contribution in [2.24, 2.45) is 9.98 Å². The van der Waals surface area contributed by atoms with E-state index in [0.29, 0.717) is 6.42 Å². The Kier molecular flexibility index (Phi) is 7.44. The predicted molar refractivity (Wildman–Crippen MR) is 224 cm³/mol. The van der Waals surface area contributed by atoms with Crippen LogP contribution in [-0.4, -0.2) is 11.5 Å². The molecule has 0 fully saturated rings. The van der Waals surface area contributed by atoms with Crippen LogP contribution in [0.4, 0.5) is 0 Å². The largest absolute Gasteiger partial charge is 0.232 e. The van der Waals surface area contributed by atoms with E-state index in [4.69, 9.17) is 9.98 Å². The number of hydrogen-bond acceptors (Lipinski definition) is 3. The van der Waals surface area contributed by atoms with Crippen LogP contribution < -0.4 is 0 Å². The van der Waals surface area contributed by atoms with Gasteiger partial charge in [0.15, 0.2) is 5.84 Å². The van der Waals surface area contributed by atoms with Gasteiger partial charge in [-0.2, -0.15) is 0 Å². The van der Waals surface area contributed by atoms with Crippen molar-refractivity contribution < 1.29 is 0 Å². The van der Waals surface area contributed by atoms with Crippen LogP contribution in [0, 0.1) is 0 Å². The number of amidine groups is 1. The second kappa shape index (κ2) is 12.7. The van der Waals surface area contributed by atoms with Crippen LogP contribution in [0.2, 0.25) is 0 Å². The van der Waals surface area contributed by atoms with Crippen molar-refractivity contribution in [1.82, 2.24) is 0 Å². The Morgan fingerprint density at radius 2 is 1.04 bits per heavy atom. The highest BCUT2D eigenvalue weighted by atomic mass is 32.1. The van der Waals surface area contributed by atoms with Crippen molar-refractivity contribution in [2.45, 2.75) is 6.42 Å². The average molecular weight is 681 g/mol. The smallest absolute Gasteiger partial charge is 0.160 e. The molecule has 0 aliphatic carbocycles. The summed E-state index contributed by atoms with van der Waals surface area (Å²) in [5.41, 5.74) is 10.1. The Hall–Kier alpha value is -6.42. The molecule has 52 heavy (non-hydrogen) atoms. The van der Waals surface area contributed by atoms with Gasteiger partial charge < -0.3 is 0 Å². The van der Waals surface area contributed by atoms with E-state index in [1.54, 1.807) is 0 Å². The van der Waals surface area contributed by atoms with Crippen LogP contribution in [-0.2, 0) is 0 Å². The maximum Gasteiger partial charge on any atom is 0.160 e. The summed E-state index contributed by atoms with van der Waals surface area (Å²) in [7, 11) is 0. The predicted octanol–water partition coefficient (Wildman–Crippen LogP) is 13.4. The van der Waals surface area contributed by atoms with Gasteiger partial charge in [-0.3, -0.25) is 0 Å². The molecule has 0 radical (unpaired) electrons. The van der Waals surface area contributed by atoms with Crippen LogP contribution in [0.3, 0.4) is 0 Å². The molecule has 0 spiro atoms. The number of rotatable bonds is 5. The van der Waals surface area contributed by atoms with E-state index in [2.05, 4.69) is 176 Å². The lowest BCUT2D eigenvalue weighted by atomic mass is 9.91. The Morgan fingerprint density at radius 3 is 1.88 bits per heavy atom. The molecule has 1 aliphatic heterocycles. The first kappa shape index (κ1) is 30.4. The summed E-state index contributed by atoms with van der Waals surface area (Å²) >= 11 is 1.87. The Labute approximate surface area is 306 Å². The van der Waals surface area contributed by atoms with Gasteiger partial charge in [0.25, 0.3) is 0 Å². The highest BCUT2D eigenvalue weighted by Crippen LogP contribution is 2.45. The molecule has 0 atom stereocenters. The van der Waals surface area contributed by atoms with Gasteiger partial charge in [-0.1, -0.05) is 164 Å². The minimum atomic E-state index is 0.659. The van der Waals surface area contributed by atoms with Crippen LogP contribution in [0.15, 0.2) is 192 Å². The molecule has 0 N–H and O–H groups in total. The third kappa shape index (κ3) is 5.26. The van der Waals surface area contributed by atoms with Crippen molar-refractivity contribution in [3.63, 3.8) is 0 Å². The quantitative estimate of drug-likeness (QED) is 0.173. The molecule has 0 saturated carbocycles. The molecule has 1 aliphatic rings. The number of aliphatic imine (C=N–C) groups is 2. The highest BCUT2D eigenvalue weighted by molar-refractivity contribution is 7.26. The molecule has 1 aromatic heterocycles. The van der Waals surface area contributed by atoms with Gasteiger partial charge >= 0.3 is 0 Å². The average Bonchev–Trinajstić information content (AvgIpc) is 3.46. The molecule has 2 heterocycles. The number of fused-ring (bicyclic) bond motifs is 6. The Morgan fingerprint density at radius 1 is 0.404 bits per heavy atom. The summed E-state index contributed by atoms with van der Waals surface area (Å²) in [6.07, 6.45) is 2.91. The maximum absolute atomic E-state index is 5.40. The number of allylic oxidation sites excluding steroid dienone is 1. The van der Waals surface area contributed by atoms with Crippen LogP contribution in [0.25, 0.3) is 69.7 Å². The van der Waals surface area contributed by atoms with Gasteiger partial charge in [0, 0.05) is 43.3 Å². The topological polar surface area (TPSA) is 24.7 Å². The maximum atomic E-state index is 5.40. The standard InChI is InChI=1S/C49H32N2S/c1-3-14-32(15-4-1)35-20-11-21-36(30-35)43-28-29-44(51-49(50-43)34-17-5-2-6-18-34)42-31-46-48(40-24-10-9-23-39(40)42)47-41(26-13-27-45(47)52-46)38-25-12-19-33-16-7-8-22-37(33)38/h1-28,30-31H,29H2. The third-order valence-electron chi connectivity index (χ3n) is 10.1. The molecule has 0 unspecified atom stereocenters. The van der Waals surface area contributed by atoms with Crippen LogP contribution in [0.1, 0.15) is 23.1 Å². The summed E-state index contributed by atoms with van der Waals surface area (Å²) in [4.78, 5) is 10.7. The van der Waals surface area contributed by atoms with E-state index in [9.17, 15) is 0 Å². The van der Waals surface area contributed by atoms with Crippen molar-refractivity contribution in [3.05, 3.63) is 199 Å². The third-order valence-corrected chi connectivity index (χ3v) is 11.3. The van der Waals surface area contributed by atoms with Crippen LogP contribution in [0.5, 0.6) is 0 Å². The molecule has 2 nitrogen and oxygen atoms in total. The SMILES string of the molecule is C1=C(c2cccc(-c3ccccc3)c2)N=C(c2ccccc2)N=C(c2cc3sc4cccc(-c5cccc6ccccc56)c4c3c3ccccc23)C1. The number of hydrogen-bond donors (Lipinski definition) is 0. The van der Waals surface area contributed by atoms with Crippen LogP contribution >= 0.6 is 11.3 Å². The highest BCUT2D eigenvalue weighted by Gasteiger charge is 2.20. The van der Waals surface area contributed by atoms with E-state index in [1.807, 2.05) is 17.4 Å². The summed E-state index contributed by atoms with van der Waals surface area (Å²) in [6.45, 7) is 0. The molecule has 0 bridgehead atoms. The molecule has 0 amide bonds. The second-order valence-corrected chi connectivity index (χ2v) is 14.3.